The molecular weight excluding hydrogens is 346 g/mol. The van der Waals surface area contributed by atoms with Gasteiger partial charge in [-0.1, -0.05) is 53.8 Å². The molecule has 0 saturated heterocycles. The molecule has 0 unspecified atom stereocenters. The highest BCUT2D eigenvalue weighted by atomic mass is 32.2. The van der Waals surface area contributed by atoms with Gasteiger partial charge in [0.25, 0.3) is 5.89 Å². The van der Waals surface area contributed by atoms with Crippen molar-refractivity contribution in [2.45, 2.75) is 25.7 Å². The monoisotopic (exact) mass is 363 g/mol. The molecule has 0 radical (unpaired) electrons. The number of aromatic nitrogens is 2. The average molecular weight is 363 g/mol. The summed E-state index contributed by atoms with van der Waals surface area (Å²) < 4.78 is 11.4. The fourth-order valence-electron chi connectivity index (χ4n) is 2.09. The molecule has 2 heterocycles. The molecule has 0 aliphatic carbocycles. The molecule has 0 N–H and O–H groups in total. The Morgan fingerprint density at radius 1 is 1.42 bits per heavy atom. The van der Waals surface area contributed by atoms with Gasteiger partial charge in [-0.15, -0.1) is 0 Å². The highest BCUT2D eigenvalue weighted by Gasteiger charge is 2.16. The summed E-state index contributed by atoms with van der Waals surface area (Å²) in [5, 5.41) is 3.78. The lowest BCUT2D eigenvalue weighted by Crippen LogP contribution is -2.08. The minimum atomic E-state index is -0.386. The van der Waals surface area contributed by atoms with E-state index in [1.807, 2.05) is 25.1 Å². The van der Waals surface area contributed by atoms with Gasteiger partial charge in [0.1, 0.15) is 4.38 Å². The van der Waals surface area contributed by atoms with Crippen LogP contribution in [0.15, 0.2) is 33.8 Å². The minimum absolute atomic E-state index is 0.0180. The van der Waals surface area contributed by atoms with Crippen LogP contribution in [0.2, 0.25) is 0 Å². The molecule has 0 saturated carbocycles. The maximum absolute atomic E-state index is 12.4. The Bertz CT molecular complexity index is 746. The zero-order valence-electron chi connectivity index (χ0n) is 13.2. The van der Waals surface area contributed by atoms with Gasteiger partial charge in [-0.25, -0.2) is 4.79 Å². The molecular formula is C16H17N3O3S2. The van der Waals surface area contributed by atoms with Crippen molar-refractivity contribution < 1.29 is 14.1 Å². The summed E-state index contributed by atoms with van der Waals surface area (Å²) in [5.74, 6) is 2.26. The zero-order valence-corrected chi connectivity index (χ0v) is 14.9. The van der Waals surface area contributed by atoms with E-state index in [2.05, 4.69) is 15.1 Å². The maximum Gasteiger partial charge on any atom is 0.338 e. The van der Waals surface area contributed by atoms with Gasteiger partial charge in [-0.2, -0.15) is 4.98 Å². The molecule has 126 valence electrons. The highest BCUT2D eigenvalue weighted by molar-refractivity contribution is 8.38. The van der Waals surface area contributed by atoms with E-state index in [9.17, 15) is 4.79 Å². The summed E-state index contributed by atoms with van der Waals surface area (Å²) in [6, 6.07) is 7.45. The SMILES string of the molecule is CCc1noc(COC(=O)c2ccccc2CSC2=NCCS2)n1. The van der Waals surface area contributed by atoms with Gasteiger partial charge in [0, 0.05) is 17.9 Å². The molecule has 3 rings (SSSR count). The lowest BCUT2D eigenvalue weighted by molar-refractivity contribution is 0.0429. The second-order valence-electron chi connectivity index (χ2n) is 4.98. The summed E-state index contributed by atoms with van der Waals surface area (Å²) in [6.45, 7) is 2.79. The van der Waals surface area contributed by atoms with Crippen molar-refractivity contribution in [3.8, 4) is 0 Å². The fraction of sp³-hybridized carbons (Fsp3) is 0.375. The number of nitrogens with zero attached hydrogens (tertiary/aromatic N) is 3. The molecule has 1 aromatic carbocycles. The van der Waals surface area contributed by atoms with E-state index in [1.165, 1.54) is 0 Å². The molecule has 8 heteroatoms. The number of aliphatic imine (C=N–C) groups is 1. The van der Waals surface area contributed by atoms with Gasteiger partial charge >= 0.3 is 5.97 Å². The van der Waals surface area contributed by atoms with Crippen LogP contribution >= 0.6 is 23.5 Å². The smallest absolute Gasteiger partial charge is 0.338 e. The maximum atomic E-state index is 12.4. The number of rotatable bonds is 6. The van der Waals surface area contributed by atoms with E-state index in [1.54, 1.807) is 29.6 Å². The van der Waals surface area contributed by atoms with E-state index in [-0.39, 0.29) is 12.6 Å². The van der Waals surface area contributed by atoms with Gasteiger partial charge < -0.3 is 9.26 Å². The second kappa shape index (κ2) is 8.34. The predicted molar refractivity (Wildman–Crippen MR) is 95.3 cm³/mol. The molecule has 24 heavy (non-hydrogen) atoms. The van der Waals surface area contributed by atoms with Crippen molar-refractivity contribution in [2.24, 2.45) is 4.99 Å². The number of hydrogen-bond donors (Lipinski definition) is 0. The molecule has 0 amide bonds. The summed E-state index contributed by atoms with van der Waals surface area (Å²) >= 11 is 3.41. The van der Waals surface area contributed by atoms with Crippen LogP contribution in [0, 0.1) is 0 Å². The highest BCUT2D eigenvalue weighted by Crippen LogP contribution is 2.26. The lowest BCUT2D eigenvalue weighted by atomic mass is 10.1. The van der Waals surface area contributed by atoms with Crippen molar-refractivity contribution >= 4 is 33.9 Å². The van der Waals surface area contributed by atoms with Crippen LogP contribution < -0.4 is 0 Å². The fourth-order valence-corrected chi connectivity index (χ4v) is 4.10. The van der Waals surface area contributed by atoms with E-state index in [4.69, 9.17) is 9.26 Å². The molecule has 0 fully saturated rings. The third kappa shape index (κ3) is 4.39. The van der Waals surface area contributed by atoms with E-state index >= 15 is 0 Å². The van der Waals surface area contributed by atoms with E-state index in [0.717, 1.165) is 22.2 Å². The van der Waals surface area contributed by atoms with Crippen LogP contribution in [-0.4, -0.2) is 32.8 Å². The Morgan fingerprint density at radius 2 is 2.29 bits per heavy atom. The van der Waals surface area contributed by atoms with Crippen molar-refractivity contribution in [3.63, 3.8) is 0 Å². The number of benzene rings is 1. The van der Waals surface area contributed by atoms with Gasteiger partial charge in [-0.05, 0) is 11.6 Å². The topological polar surface area (TPSA) is 77.6 Å². The summed E-state index contributed by atoms with van der Waals surface area (Å²) in [7, 11) is 0. The van der Waals surface area contributed by atoms with Crippen molar-refractivity contribution in [2.75, 3.05) is 12.3 Å². The number of esters is 1. The Morgan fingerprint density at radius 3 is 3.04 bits per heavy atom. The minimum Gasteiger partial charge on any atom is -0.452 e. The van der Waals surface area contributed by atoms with Gasteiger partial charge in [0.15, 0.2) is 12.4 Å². The molecule has 6 nitrogen and oxygen atoms in total. The van der Waals surface area contributed by atoms with Gasteiger partial charge in [0.2, 0.25) is 0 Å². The lowest BCUT2D eigenvalue weighted by Gasteiger charge is -2.08. The Kier molecular flexibility index (Phi) is 5.92. The molecule has 0 spiro atoms. The second-order valence-corrected chi connectivity index (χ2v) is 7.28. The third-order valence-corrected chi connectivity index (χ3v) is 5.60. The number of hydrogen-bond acceptors (Lipinski definition) is 8. The van der Waals surface area contributed by atoms with Crippen molar-refractivity contribution in [1.29, 1.82) is 0 Å². The van der Waals surface area contributed by atoms with Crippen LogP contribution in [0.1, 0.15) is 34.6 Å². The number of aryl methyl sites for hydroxylation is 1. The number of ether oxygens (including phenoxy) is 1. The first-order valence-corrected chi connectivity index (χ1v) is 9.60. The van der Waals surface area contributed by atoms with Gasteiger partial charge in [0.05, 0.1) is 12.1 Å². The number of thioether (sulfide) groups is 2. The first-order valence-electron chi connectivity index (χ1n) is 7.62. The summed E-state index contributed by atoms with van der Waals surface area (Å²) in [6.07, 6.45) is 0.680. The Balaban J connectivity index is 1.61. The van der Waals surface area contributed by atoms with E-state index in [0.29, 0.717) is 29.5 Å². The molecule has 1 aromatic heterocycles. The van der Waals surface area contributed by atoms with Crippen LogP contribution in [0.4, 0.5) is 0 Å². The summed E-state index contributed by atoms with van der Waals surface area (Å²) in [4.78, 5) is 20.9. The van der Waals surface area contributed by atoms with Crippen molar-refractivity contribution in [1.82, 2.24) is 10.1 Å². The van der Waals surface area contributed by atoms with Crippen LogP contribution in [0.25, 0.3) is 0 Å². The first kappa shape index (κ1) is 17.0. The first-order chi connectivity index (χ1) is 11.8. The normalized spacial score (nSPS) is 13.8. The van der Waals surface area contributed by atoms with E-state index < -0.39 is 0 Å². The number of carbonyl (C=O) groups excluding carboxylic acids is 1. The molecule has 1 aliphatic heterocycles. The molecule has 0 bridgehead atoms. The zero-order chi connectivity index (χ0) is 16.8. The van der Waals surface area contributed by atoms with Crippen LogP contribution in [0.5, 0.6) is 0 Å². The van der Waals surface area contributed by atoms with Crippen LogP contribution in [0.3, 0.4) is 0 Å². The Labute approximate surface area is 148 Å². The quantitative estimate of drug-likeness (QED) is 0.729. The van der Waals surface area contributed by atoms with Gasteiger partial charge in [-0.3, -0.25) is 4.99 Å². The average Bonchev–Trinajstić information content (AvgIpc) is 3.29. The molecule has 2 aromatic rings. The van der Waals surface area contributed by atoms with Crippen molar-refractivity contribution in [3.05, 3.63) is 47.1 Å². The van der Waals surface area contributed by atoms with Crippen LogP contribution in [-0.2, 0) is 23.5 Å². The Hall–Kier alpha value is -1.80. The number of carbonyl (C=O) groups is 1. The summed E-state index contributed by atoms with van der Waals surface area (Å²) in [5.41, 5.74) is 1.49. The third-order valence-electron chi connectivity index (χ3n) is 3.30. The molecule has 0 atom stereocenters. The molecule has 1 aliphatic rings. The standard InChI is InChI=1S/C16H17N3O3S2/c1-2-13-18-14(22-19-13)9-21-15(20)12-6-4-3-5-11(12)10-24-16-17-7-8-23-16/h3-6H,2,7-10H2,1H3. The predicted octanol–water partition coefficient (Wildman–Crippen LogP) is 3.33. The largest absolute Gasteiger partial charge is 0.452 e.